The molecule has 2 saturated heterocycles. The molecule has 40 heavy (non-hydrogen) atoms. The normalized spacial score (nSPS) is 20.8. The zero-order valence-electron chi connectivity index (χ0n) is 23.7. The lowest BCUT2D eigenvalue weighted by atomic mass is 9.71. The standard InChI is InChI=1S/C29H39ClN6O3S/c1-27(2,18-28(3,4)24(37)23-17-39-23)11-12-34(33)15-20(32)16-35-26(40)36(25(38)29(35)9-5-6-10-29)21-8-7-19(14-31)22(30)13-21/h7-8,13,15,23H,5-6,9-12,16-18,32-33H2,1-4H3/b20-15-. The molecule has 0 radical (unpaired) electrons. The summed E-state index contributed by atoms with van der Waals surface area (Å²) < 4.78 is 5.21. The number of carbonyl (C=O) groups is 2. The number of epoxide rings is 1. The molecule has 1 saturated carbocycles. The number of hydrazine groups is 1. The molecule has 216 valence electrons. The van der Waals surface area contributed by atoms with E-state index in [-0.39, 0.29) is 34.8 Å². The Morgan fingerprint density at radius 1 is 1.32 bits per heavy atom. The van der Waals surface area contributed by atoms with Crippen LogP contribution in [0, 0.1) is 22.2 Å². The summed E-state index contributed by atoms with van der Waals surface area (Å²) in [5.74, 6) is 6.39. The first kappa shape index (κ1) is 30.3. The third kappa shape index (κ3) is 6.13. The largest absolute Gasteiger partial charge is 0.399 e. The lowest BCUT2D eigenvalue weighted by molar-refractivity contribution is -0.130. The first-order valence-corrected chi connectivity index (χ1v) is 14.5. The quantitative estimate of drug-likeness (QED) is 0.169. The van der Waals surface area contributed by atoms with Crippen LogP contribution in [0.15, 0.2) is 30.1 Å². The predicted octanol–water partition coefficient (Wildman–Crippen LogP) is 4.23. The highest BCUT2D eigenvalue weighted by Crippen LogP contribution is 2.44. The Kier molecular flexibility index (Phi) is 8.53. The van der Waals surface area contributed by atoms with Crippen LogP contribution < -0.4 is 16.5 Å². The number of rotatable bonds is 11. The molecule has 4 N–H and O–H groups in total. The number of nitriles is 1. The molecule has 2 aliphatic heterocycles. The molecule has 4 rings (SSSR count). The van der Waals surface area contributed by atoms with Crippen molar-refractivity contribution in [3.05, 3.63) is 40.7 Å². The van der Waals surface area contributed by atoms with Crippen LogP contribution in [-0.2, 0) is 14.3 Å². The first-order chi connectivity index (χ1) is 18.7. The number of carbonyl (C=O) groups excluding carboxylic acids is 2. The van der Waals surface area contributed by atoms with Crippen LogP contribution in [0.5, 0.6) is 0 Å². The number of nitrogens with two attached hydrogens (primary N) is 2. The number of benzene rings is 1. The number of ketones is 1. The second-order valence-electron chi connectivity index (χ2n) is 12.6. The molecule has 1 aliphatic carbocycles. The van der Waals surface area contributed by atoms with Crippen molar-refractivity contribution in [2.75, 3.05) is 24.6 Å². The molecule has 1 aromatic rings. The van der Waals surface area contributed by atoms with Crippen molar-refractivity contribution in [3.63, 3.8) is 0 Å². The SMILES string of the molecule is CC(C)(CCN(N)/C=C(\N)CN1C(=S)N(c2ccc(C#N)c(Cl)c2)C(=O)C12CCCC2)CC(C)(C)C(=O)C1CO1. The fraction of sp³-hybridized carbons (Fsp3) is 0.586. The van der Waals surface area contributed by atoms with Crippen LogP contribution >= 0.6 is 23.8 Å². The molecule has 0 bridgehead atoms. The van der Waals surface area contributed by atoms with Gasteiger partial charge in [0.05, 0.1) is 29.4 Å². The minimum atomic E-state index is -0.763. The molecule has 1 atom stereocenters. The fourth-order valence-corrected chi connectivity index (χ4v) is 6.92. The Hall–Kier alpha value is -2.71. The van der Waals surface area contributed by atoms with E-state index >= 15 is 0 Å². The summed E-state index contributed by atoms with van der Waals surface area (Å²) in [5, 5.41) is 11.4. The number of nitrogens with zero attached hydrogens (tertiary/aromatic N) is 4. The van der Waals surface area contributed by atoms with Crippen LogP contribution in [-0.4, -0.2) is 58.1 Å². The first-order valence-electron chi connectivity index (χ1n) is 13.7. The van der Waals surface area contributed by atoms with Crippen molar-refractivity contribution < 1.29 is 14.3 Å². The Bertz CT molecular complexity index is 1260. The van der Waals surface area contributed by atoms with Gasteiger partial charge in [-0.05, 0) is 61.5 Å². The van der Waals surface area contributed by atoms with Gasteiger partial charge in [0.1, 0.15) is 17.7 Å². The van der Waals surface area contributed by atoms with E-state index < -0.39 is 11.0 Å². The summed E-state index contributed by atoms with van der Waals surface area (Å²) in [6.07, 6.45) is 6.11. The van der Waals surface area contributed by atoms with Gasteiger partial charge in [0, 0.05) is 23.9 Å². The van der Waals surface area contributed by atoms with Gasteiger partial charge < -0.3 is 20.4 Å². The maximum Gasteiger partial charge on any atom is 0.259 e. The van der Waals surface area contributed by atoms with Gasteiger partial charge in [-0.25, -0.2) is 5.84 Å². The molecule has 1 aromatic carbocycles. The molecule has 1 amide bonds. The number of halogens is 1. The average Bonchev–Trinajstić information content (AvgIpc) is 3.56. The number of hydrogen-bond acceptors (Lipinski definition) is 8. The molecule has 2 heterocycles. The molecule has 1 spiro atoms. The number of anilines is 1. The summed E-state index contributed by atoms with van der Waals surface area (Å²) >= 11 is 12.1. The van der Waals surface area contributed by atoms with E-state index in [0.29, 0.717) is 54.5 Å². The molecule has 0 aromatic heterocycles. The van der Waals surface area contributed by atoms with Gasteiger partial charge in [0.2, 0.25) is 0 Å². The number of thiocarbonyl (C=S) groups is 1. The van der Waals surface area contributed by atoms with E-state index in [2.05, 4.69) is 13.8 Å². The summed E-state index contributed by atoms with van der Waals surface area (Å²) in [7, 11) is 0. The van der Waals surface area contributed by atoms with Crippen molar-refractivity contribution in [1.29, 1.82) is 5.26 Å². The monoisotopic (exact) mass is 586 g/mol. The summed E-state index contributed by atoms with van der Waals surface area (Å²) in [5.41, 5.74) is 6.46. The third-order valence-electron chi connectivity index (χ3n) is 8.23. The Morgan fingerprint density at radius 3 is 2.55 bits per heavy atom. The highest BCUT2D eigenvalue weighted by atomic mass is 35.5. The molecule has 9 nitrogen and oxygen atoms in total. The Morgan fingerprint density at radius 2 is 1.98 bits per heavy atom. The van der Waals surface area contributed by atoms with Gasteiger partial charge in [-0.1, -0.05) is 52.1 Å². The number of amides is 1. The van der Waals surface area contributed by atoms with Crippen molar-refractivity contribution in [1.82, 2.24) is 9.91 Å². The van der Waals surface area contributed by atoms with Crippen LogP contribution in [0.1, 0.15) is 71.8 Å². The highest BCUT2D eigenvalue weighted by Gasteiger charge is 2.56. The maximum atomic E-state index is 13.8. The average molecular weight is 587 g/mol. The van der Waals surface area contributed by atoms with Crippen molar-refractivity contribution in [2.24, 2.45) is 22.4 Å². The minimum absolute atomic E-state index is 0.0938. The van der Waals surface area contributed by atoms with E-state index in [9.17, 15) is 14.9 Å². The van der Waals surface area contributed by atoms with E-state index in [4.69, 9.17) is 40.1 Å². The lowest BCUT2D eigenvalue weighted by Crippen LogP contribution is -2.49. The lowest BCUT2D eigenvalue weighted by Gasteiger charge is -2.35. The van der Waals surface area contributed by atoms with E-state index in [1.165, 1.54) is 4.90 Å². The third-order valence-corrected chi connectivity index (χ3v) is 8.95. The smallest absolute Gasteiger partial charge is 0.259 e. The van der Waals surface area contributed by atoms with Crippen molar-refractivity contribution in [3.8, 4) is 6.07 Å². The number of ether oxygens (including phenoxy) is 1. The molecule has 3 aliphatic rings. The number of Topliss-reactive ketones (excluding diaryl/α,β-unsaturated/α-hetero) is 1. The molecular formula is C29H39ClN6O3S. The molecular weight excluding hydrogens is 548 g/mol. The summed E-state index contributed by atoms with van der Waals surface area (Å²) in [4.78, 5) is 29.9. The van der Waals surface area contributed by atoms with Gasteiger partial charge in [-0.15, -0.1) is 0 Å². The van der Waals surface area contributed by atoms with Crippen molar-refractivity contribution >= 4 is 46.3 Å². The Balaban J connectivity index is 1.44. The molecule has 1 unspecified atom stereocenters. The fourth-order valence-electron chi connectivity index (χ4n) is 6.28. The topological polar surface area (TPSA) is 132 Å². The van der Waals surface area contributed by atoms with Gasteiger partial charge >= 0.3 is 0 Å². The second kappa shape index (κ2) is 11.3. The van der Waals surface area contributed by atoms with Crippen LogP contribution in [0.25, 0.3) is 0 Å². The zero-order chi connectivity index (χ0) is 29.5. The Labute approximate surface area is 247 Å². The zero-order valence-corrected chi connectivity index (χ0v) is 25.3. The van der Waals surface area contributed by atoms with Gasteiger partial charge in [-0.2, -0.15) is 5.26 Å². The second-order valence-corrected chi connectivity index (χ2v) is 13.4. The minimum Gasteiger partial charge on any atom is -0.399 e. The van der Waals surface area contributed by atoms with Gasteiger partial charge in [-0.3, -0.25) is 14.5 Å². The van der Waals surface area contributed by atoms with E-state index in [1.807, 2.05) is 24.8 Å². The van der Waals surface area contributed by atoms with Gasteiger partial charge in [0.25, 0.3) is 5.91 Å². The number of hydrogen-bond donors (Lipinski definition) is 2. The van der Waals surface area contributed by atoms with E-state index in [0.717, 1.165) is 19.3 Å². The summed E-state index contributed by atoms with van der Waals surface area (Å²) in [6.45, 7) is 9.55. The molecule has 3 fully saturated rings. The van der Waals surface area contributed by atoms with Crippen LogP contribution in [0.3, 0.4) is 0 Å². The predicted molar refractivity (Wildman–Crippen MR) is 159 cm³/mol. The highest BCUT2D eigenvalue weighted by molar-refractivity contribution is 7.80. The van der Waals surface area contributed by atoms with E-state index in [1.54, 1.807) is 29.4 Å². The van der Waals surface area contributed by atoms with Crippen LogP contribution in [0.2, 0.25) is 5.02 Å². The van der Waals surface area contributed by atoms with Crippen LogP contribution in [0.4, 0.5) is 5.69 Å². The van der Waals surface area contributed by atoms with Gasteiger partial charge in [0.15, 0.2) is 10.9 Å². The maximum absolute atomic E-state index is 13.8. The summed E-state index contributed by atoms with van der Waals surface area (Å²) in [6, 6.07) is 6.93. The van der Waals surface area contributed by atoms with Crippen molar-refractivity contribution in [2.45, 2.75) is 77.9 Å². The molecule has 11 heteroatoms.